The molecule has 0 amide bonds. The molecule has 0 saturated carbocycles. The van der Waals surface area contributed by atoms with Crippen molar-refractivity contribution in [1.29, 1.82) is 0 Å². The van der Waals surface area contributed by atoms with Crippen LogP contribution in [-0.2, 0) is 19.3 Å². The standard InChI is InChI=1S/C7H14N2O4/c8-12-4-2-1-3-6(10)5-7(11)13-9/h1-5,8-9H2. The van der Waals surface area contributed by atoms with Crippen molar-refractivity contribution in [3.8, 4) is 0 Å². The largest absolute Gasteiger partial charge is 0.373 e. The van der Waals surface area contributed by atoms with Gasteiger partial charge in [0.05, 0.1) is 6.61 Å². The maximum atomic E-state index is 10.9. The molecule has 0 bridgehead atoms. The van der Waals surface area contributed by atoms with Gasteiger partial charge in [-0.25, -0.2) is 10.7 Å². The van der Waals surface area contributed by atoms with Gasteiger partial charge in [0.25, 0.3) is 0 Å². The van der Waals surface area contributed by atoms with Crippen LogP contribution in [0.3, 0.4) is 0 Å². The molecule has 0 aliphatic carbocycles. The van der Waals surface area contributed by atoms with E-state index in [4.69, 9.17) is 5.90 Å². The predicted octanol–water partition coefficient (Wildman–Crippen LogP) is -0.577. The lowest BCUT2D eigenvalue weighted by atomic mass is 10.1. The number of hydrogen-bond acceptors (Lipinski definition) is 6. The summed E-state index contributed by atoms with van der Waals surface area (Å²) in [4.78, 5) is 29.6. The first kappa shape index (κ1) is 12.0. The fourth-order valence-electron chi connectivity index (χ4n) is 0.799. The zero-order chi connectivity index (χ0) is 10.1. The molecule has 0 aliphatic heterocycles. The number of unbranched alkanes of at least 4 members (excludes halogenated alkanes) is 1. The van der Waals surface area contributed by atoms with E-state index in [0.29, 0.717) is 25.9 Å². The molecule has 0 rings (SSSR count). The Morgan fingerprint density at radius 2 is 1.85 bits per heavy atom. The minimum Gasteiger partial charge on any atom is -0.373 e. The highest BCUT2D eigenvalue weighted by molar-refractivity contribution is 5.95. The van der Waals surface area contributed by atoms with Gasteiger partial charge < -0.3 is 9.68 Å². The van der Waals surface area contributed by atoms with Crippen LogP contribution in [0.25, 0.3) is 0 Å². The maximum absolute atomic E-state index is 10.9. The molecule has 0 atom stereocenters. The zero-order valence-electron chi connectivity index (χ0n) is 7.32. The van der Waals surface area contributed by atoms with Crippen LogP contribution in [0.5, 0.6) is 0 Å². The lowest BCUT2D eigenvalue weighted by Gasteiger charge is -1.98. The van der Waals surface area contributed by atoms with Gasteiger partial charge in [0, 0.05) is 6.42 Å². The summed E-state index contributed by atoms with van der Waals surface area (Å²) in [5.41, 5.74) is 0. The molecule has 6 heteroatoms. The quantitative estimate of drug-likeness (QED) is 0.316. The van der Waals surface area contributed by atoms with Crippen molar-refractivity contribution in [1.82, 2.24) is 0 Å². The summed E-state index contributed by atoms with van der Waals surface area (Å²) in [6, 6.07) is 0. The summed E-state index contributed by atoms with van der Waals surface area (Å²) >= 11 is 0. The molecule has 6 nitrogen and oxygen atoms in total. The molecular weight excluding hydrogens is 176 g/mol. The van der Waals surface area contributed by atoms with E-state index in [2.05, 4.69) is 15.6 Å². The monoisotopic (exact) mass is 190 g/mol. The zero-order valence-corrected chi connectivity index (χ0v) is 7.32. The molecule has 0 heterocycles. The highest BCUT2D eigenvalue weighted by Gasteiger charge is 2.08. The van der Waals surface area contributed by atoms with E-state index in [1.54, 1.807) is 0 Å². The molecule has 0 unspecified atom stereocenters. The summed E-state index contributed by atoms with van der Waals surface area (Å²) in [6.07, 6.45) is 1.40. The van der Waals surface area contributed by atoms with Crippen molar-refractivity contribution >= 4 is 11.8 Å². The van der Waals surface area contributed by atoms with E-state index >= 15 is 0 Å². The lowest BCUT2D eigenvalue weighted by Crippen LogP contribution is -2.14. The second-order valence-electron chi connectivity index (χ2n) is 2.53. The van der Waals surface area contributed by atoms with Crippen LogP contribution < -0.4 is 11.8 Å². The van der Waals surface area contributed by atoms with Gasteiger partial charge in [-0.05, 0) is 12.8 Å². The Hall–Kier alpha value is -0.980. The van der Waals surface area contributed by atoms with Gasteiger partial charge in [-0.2, -0.15) is 5.90 Å². The number of ketones is 1. The van der Waals surface area contributed by atoms with Crippen molar-refractivity contribution < 1.29 is 19.3 Å². The van der Waals surface area contributed by atoms with Crippen LogP contribution in [-0.4, -0.2) is 18.4 Å². The maximum Gasteiger partial charge on any atom is 0.331 e. The summed E-state index contributed by atoms with van der Waals surface area (Å²) in [7, 11) is 0. The predicted molar refractivity (Wildman–Crippen MR) is 43.9 cm³/mol. The van der Waals surface area contributed by atoms with Crippen LogP contribution in [0.15, 0.2) is 0 Å². The average molecular weight is 190 g/mol. The van der Waals surface area contributed by atoms with Crippen molar-refractivity contribution in [2.75, 3.05) is 6.61 Å². The molecule has 0 aliphatic rings. The van der Waals surface area contributed by atoms with Crippen molar-refractivity contribution in [2.45, 2.75) is 25.7 Å². The minimum atomic E-state index is -0.708. The Morgan fingerprint density at radius 1 is 1.15 bits per heavy atom. The van der Waals surface area contributed by atoms with Crippen LogP contribution >= 0.6 is 0 Å². The Bertz CT molecular complexity index is 172. The normalized spacial score (nSPS) is 9.69. The summed E-state index contributed by atoms with van der Waals surface area (Å²) in [6.45, 7) is 0.411. The van der Waals surface area contributed by atoms with Gasteiger partial charge in [-0.15, -0.1) is 0 Å². The number of carbonyl (C=O) groups excluding carboxylic acids is 2. The summed E-state index contributed by atoms with van der Waals surface area (Å²) in [5, 5.41) is 0. The number of rotatable bonds is 7. The molecular formula is C7H14N2O4. The summed E-state index contributed by atoms with van der Waals surface area (Å²) in [5.74, 6) is 8.43. The SMILES string of the molecule is NOCCCCC(=O)CC(=O)ON. The van der Waals surface area contributed by atoms with E-state index in [9.17, 15) is 9.59 Å². The molecule has 4 N–H and O–H groups in total. The number of Topliss-reactive ketones (excluding diaryl/α,β-unsaturated/α-hetero) is 1. The first-order valence-corrected chi connectivity index (χ1v) is 3.93. The lowest BCUT2D eigenvalue weighted by molar-refractivity contribution is -0.146. The van der Waals surface area contributed by atoms with E-state index in [1.807, 2.05) is 0 Å². The van der Waals surface area contributed by atoms with Crippen LogP contribution in [0.2, 0.25) is 0 Å². The molecule has 0 aromatic carbocycles. The molecule has 0 fully saturated rings. The second kappa shape index (κ2) is 7.66. The molecule has 13 heavy (non-hydrogen) atoms. The van der Waals surface area contributed by atoms with Gasteiger partial charge in [0.2, 0.25) is 0 Å². The molecule has 0 aromatic rings. The van der Waals surface area contributed by atoms with Gasteiger partial charge in [-0.3, -0.25) is 4.79 Å². The van der Waals surface area contributed by atoms with Gasteiger partial charge >= 0.3 is 5.97 Å². The third-order valence-corrected chi connectivity index (χ3v) is 1.44. The second-order valence-corrected chi connectivity index (χ2v) is 2.53. The first-order chi connectivity index (χ1) is 6.20. The number of nitrogens with two attached hydrogens (primary N) is 2. The van der Waals surface area contributed by atoms with Crippen LogP contribution in [0, 0.1) is 0 Å². The van der Waals surface area contributed by atoms with E-state index < -0.39 is 5.97 Å². The van der Waals surface area contributed by atoms with E-state index in [1.165, 1.54) is 0 Å². The molecule has 0 aromatic heterocycles. The highest BCUT2D eigenvalue weighted by atomic mass is 16.7. The van der Waals surface area contributed by atoms with Crippen molar-refractivity contribution in [3.05, 3.63) is 0 Å². The van der Waals surface area contributed by atoms with Crippen LogP contribution in [0.1, 0.15) is 25.7 Å². The molecule has 76 valence electrons. The topological polar surface area (TPSA) is 105 Å². The Balaban J connectivity index is 3.35. The minimum absolute atomic E-state index is 0.188. The van der Waals surface area contributed by atoms with Gasteiger partial charge in [0.15, 0.2) is 0 Å². The molecule has 0 saturated heterocycles. The Labute approximate surface area is 76.1 Å². The van der Waals surface area contributed by atoms with Gasteiger partial charge in [0.1, 0.15) is 12.2 Å². The fraction of sp³-hybridized carbons (Fsp3) is 0.714. The van der Waals surface area contributed by atoms with Gasteiger partial charge in [-0.1, -0.05) is 0 Å². The number of carbonyl (C=O) groups is 2. The molecule has 0 spiro atoms. The van der Waals surface area contributed by atoms with Crippen molar-refractivity contribution in [3.63, 3.8) is 0 Å². The number of hydrogen-bond donors (Lipinski definition) is 2. The van der Waals surface area contributed by atoms with E-state index in [-0.39, 0.29) is 12.2 Å². The van der Waals surface area contributed by atoms with Crippen LogP contribution in [0.4, 0.5) is 0 Å². The van der Waals surface area contributed by atoms with E-state index in [0.717, 1.165) is 0 Å². The summed E-state index contributed by atoms with van der Waals surface area (Å²) < 4.78 is 0. The Kier molecular flexibility index (Phi) is 7.08. The van der Waals surface area contributed by atoms with Crippen molar-refractivity contribution in [2.24, 2.45) is 11.8 Å². The highest BCUT2D eigenvalue weighted by Crippen LogP contribution is 1.99. The average Bonchev–Trinajstić information content (AvgIpc) is 2.12. The fourth-order valence-corrected chi connectivity index (χ4v) is 0.799. The molecule has 0 radical (unpaired) electrons. The first-order valence-electron chi connectivity index (χ1n) is 3.93. The Morgan fingerprint density at radius 3 is 2.38 bits per heavy atom. The third kappa shape index (κ3) is 7.38. The third-order valence-electron chi connectivity index (χ3n) is 1.44. The smallest absolute Gasteiger partial charge is 0.331 e.